The van der Waals surface area contributed by atoms with Crippen molar-refractivity contribution in [1.82, 2.24) is 14.1 Å². The number of nitrogens with zero attached hydrogens (tertiary/aromatic N) is 3. The Kier molecular flexibility index (Phi) is 3.36. The third-order valence-electron chi connectivity index (χ3n) is 3.59. The number of hydrogen-bond donors (Lipinski definition) is 0. The van der Waals surface area contributed by atoms with Crippen molar-refractivity contribution in [3.8, 4) is 11.3 Å². The van der Waals surface area contributed by atoms with Gasteiger partial charge in [-0.15, -0.1) is 0 Å². The van der Waals surface area contributed by atoms with Crippen LogP contribution >= 0.6 is 0 Å². The Labute approximate surface area is 129 Å². The molecule has 0 aliphatic heterocycles. The Morgan fingerprint density at radius 2 is 2.00 bits per heavy atom. The Bertz CT molecular complexity index is 1030. The van der Waals surface area contributed by atoms with Crippen LogP contribution in [0.2, 0.25) is 0 Å². The first-order valence-corrected chi connectivity index (χ1v) is 6.68. The molecule has 0 aromatic carbocycles. The van der Waals surface area contributed by atoms with E-state index in [0.717, 1.165) is 4.57 Å². The highest BCUT2D eigenvalue weighted by molar-refractivity contribution is 5.97. The summed E-state index contributed by atoms with van der Waals surface area (Å²) in [6, 6.07) is 4.73. The smallest absolute Gasteiger partial charge is 0.356 e. The quantitative estimate of drug-likeness (QED) is 0.645. The zero-order valence-electron chi connectivity index (χ0n) is 12.7. The molecule has 0 amide bonds. The van der Waals surface area contributed by atoms with Crippen LogP contribution < -0.4 is 11.2 Å². The van der Waals surface area contributed by atoms with Gasteiger partial charge in [0.15, 0.2) is 11.3 Å². The van der Waals surface area contributed by atoms with Gasteiger partial charge in [-0.05, 0) is 18.2 Å². The SMILES string of the molecule is COC(=O)c1cc(-c2ccco2)c2c(=O)n(C)c(=O)n(C)c2n1. The molecule has 3 aromatic rings. The van der Waals surface area contributed by atoms with Gasteiger partial charge in [0.05, 0.1) is 18.8 Å². The summed E-state index contributed by atoms with van der Waals surface area (Å²) in [6.45, 7) is 0. The minimum atomic E-state index is -0.673. The molecule has 0 saturated carbocycles. The van der Waals surface area contributed by atoms with Gasteiger partial charge in [-0.2, -0.15) is 0 Å². The lowest BCUT2D eigenvalue weighted by Gasteiger charge is -2.11. The molecule has 0 aliphatic carbocycles. The van der Waals surface area contributed by atoms with E-state index in [2.05, 4.69) is 9.72 Å². The topological polar surface area (TPSA) is 96.3 Å². The molecule has 23 heavy (non-hydrogen) atoms. The Morgan fingerprint density at radius 3 is 2.61 bits per heavy atom. The van der Waals surface area contributed by atoms with Crippen molar-refractivity contribution >= 4 is 17.0 Å². The van der Waals surface area contributed by atoms with E-state index in [1.165, 1.54) is 38.1 Å². The fourth-order valence-corrected chi connectivity index (χ4v) is 2.39. The van der Waals surface area contributed by atoms with E-state index in [4.69, 9.17) is 4.42 Å². The molecule has 8 heteroatoms. The van der Waals surface area contributed by atoms with Crippen LogP contribution in [0.1, 0.15) is 10.5 Å². The van der Waals surface area contributed by atoms with Crippen molar-refractivity contribution in [2.45, 2.75) is 0 Å². The van der Waals surface area contributed by atoms with E-state index in [0.29, 0.717) is 11.3 Å². The average Bonchev–Trinajstić information content (AvgIpc) is 3.10. The largest absolute Gasteiger partial charge is 0.464 e. The van der Waals surface area contributed by atoms with Crippen molar-refractivity contribution < 1.29 is 13.9 Å². The number of ether oxygens (including phenoxy) is 1. The molecule has 0 atom stereocenters. The molecule has 0 bridgehead atoms. The van der Waals surface area contributed by atoms with Crippen molar-refractivity contribution in [3.05, 3.63) is 51.0 Å². The van der Waals surface area contributed by atoms with E-state index < -0.39 is 17.2 Å². The fourth-order valence-electron chi connectivity index (χ4n) is 2.39. The minimum Gasteiger partial charge on any atom is -0.464 e. The first-order chi connectivity index (χ1) is 11.0. The van der Waals surface area contributed by atoms with Crippen LogP contribution in [0.3, 0.4) is 0 Å². The highest BCUT2D eigenvalue weighted by Crippen LogP contribution is 2.26. The maximum atomic E-state index is 12.5. The summed E-state index contributed by atoms with van der Waals surface area (Å²) in [6.07, 6.45) is 1.45. The number of methoxy groups -OCH3 is 1. The van der Waals surface area contributed by atoms with Crippen LogP contribution in [-0.4, -0.2) is 27.2 Å². The molecule has 0 fully saturated rings. The summed E-state index contributed by atoms with van der Waals surface area (Å²) in [4.78, 5) is 40.6. The van der Waals surface area contributed by atoms with E-state index >= 15 is 0 Å². The number of pyridine rings is 1. The number of aromatic nitrogens is 3. The minimum absolute atomic E-state index is 0.0188. The van der Waals surface area contributed by atoms with Gasteiger partial charge in [0.2, 0.25) is 0 Å². The molecule has 0 spiro atoms. The van der Waals surface area contributed by atoms with Crippen LogP contribution in [0, 0.1) is 0 Å². The van der Waals surface area contributed by atoms with Gasteiger partial charge in [-0.3, -0.25) is 13.9 Å². The molecule has 0 unspecified atom stereocenters. The summed E-state index contributed by atoms with van der Waals surface area (Å²) in [7, 11) is 4.08. The number of aryl methyl sites for hydroxylation is 1. The Morgan fingerprint density at radius 1 is 1.26 bits per heavy atom. The van der Waals surface area contributed by atoms with Gasteiger partial charge in [0.1, 0.15) is 5.76 Å². The monoisotopic (exact) mass is 315 g/mol. The summed E-state index contributed by atoms with van der Waals surface area (Å²) < 4.78 is 12.2. The van der Waals surface area contributed by atoms with Gasteiger partial charge >= 0.3 is 11.7 Å². The number of fused-ring (bicyclic) bond motifs is 1. The molecule has 0 radical (unpaired) electrons. The van der Waals surface area contributed by atoms with E-state index in [1.54, 1.807) is 12.1 Å². The van der Waals surface area contributed by atoms with Crippen molar-refractivity contribution in [1.29, 1.82) is 0 Å². The van der Waals surface area contributed by atoms with E-state index in [1.807, 2.05) is 0 Å². The summed E-state index contributed by atoms with van der Waals surface area (Å²) in [5.41, 5.74) is -0.612. The standard InChI is InChI=1S/C15H13N3O5/c1-17-12-11(13(19)18(2)15(17)21)8(10-5-4-6-23-10)7-9(16-12)14(20)22-3/h4-7H,1-3H3. The van der Waals surface area contributed by atoms with Crippen molar-refractivity contribution in [2.24, 2.45) is 14.1 Å². The molecule has 8 nitrogen and oxygen atoms in total. The number of rotatable bonds is 2. The fraction of sp³-hybridized carbons (Fsp3) is 0.200. The third kappa shape index (κ3) is 2.15. The second-order valence-corrected chi connectivity index (χ2v) is 4.93. The zero-order valence-corrected chi connectivity index (χ0v) is 12.7. The predicted molar refractivity (Wildman–Crippen MR) is 81.3 cm³/mol. The van der Waals surface area contributed by atoms with E-state index in [9.17, 15) is 14.4 Å². The normalized spacial score (nSPS) is 10.9. The predicted octanol–water partition coefficient (Wildman–Crippen LogP) is 0.679. The van der Waals surface area contributed by atoms with E-state index in [-0.39, 0.29) is 16.7 Å². The molecular formula is C15H13N3O5. The lowest BCUT2D eigenvalue weighted by Crippen LogP contribution is -2.37. The summed E-state index contributed by atoms with van der Waals surface area (Å²) in [5.74, 6) is -0.286. The lowest BCUT2D eigenvalue weighted by atomic mass is 10.1. The van der Waals surface area contributed by atoms with Crippen LogP contribution in [0.5, 0.6) is 0 Å². The van der Waals surface area contributed by atoms with Gasteiger partial charge in [0.25, 0.3) is 5.56 Å². The molecule has 0 N–H and O–H groups in total. The zero-order chi connectivity index (χ0) is 16.7. The number of carbonyl (C=O) groups excluding carboxylic acids is 1. The molecule has 118 valence electrons. The third-order valence-corrected chi connectivity index (χ3v) is 3.59. The van der Waals surface area contributed by atoms with Crippen LogP contribution in [0.4, 0.5) is 0 Å². The lowest BCUT2D eigenvalue weighted by molar-refractivity contribution is 0.0594. The maximum Gasteiger partial charge on any atom is 0.356 e. The van der Waals surface area contributed by atoms with Gasteiger partial charge in [-0.1, -0.05) is 0 Å². The van der Waals surface area contributed by atoms with Crippen molar-refractivity contribution in [3.63, 3.8) is 0 Å². The summed E-state index contributed by atoms with van der Waals surface area (Å²) in [5, 5.41) is 0.192. The van der Waals surface area contributed by atoms with Gasteiger partial charge in [-0.25, -0.2) is 14.6 Å². The highest BCUT2D eigenvalue weighted by atomic mass is 16.5. The average molecular weight is 315 g/mol. The highest BCUT2D eigenvalue weighted by Gasteiger charge is 2.20. The maximum absolute atomic E-state index is 12.5. The second-order valence-electron chi connectivity index (χ2n) is 4.93. The second kappa shape index (κ2) is 5.24. The van der Waals surface area contributed by atoms with Gasteiger partial charge in [0, 0.05) is 19.7 Å². The first kappa shape index (κ1) is 14.8. The van der Waals surface area contributed by atoms with Crippen LogP contribution in [-0.2, 0) is 18.8 Å². The first-order valence-electron chi connectivity index (χ1n) is 6.68. The van der Waals surface area contributed by atoms with Crippen molar-refractivity contribution in [2.75, 3.05) is 7.11 Å². The van der Waals surface area contributed by atoms with Crippen LogP contribution in [0.25, 0.3) is 22.4 Å². The molecular weight excluding hydrogens is 302 g/mol. The molecule has 3 heterocycles. The molecule has 0 aliphatic rings. The molecule has 3 aromatic heterocycles. The Hall–Kier alpha value is -3.16. The summed E-state index contributed by atoms with van der Waals surface area (Å²) >= 11 is 0. The number of furan rings is 1. The number of esters is 1. The number of carbonyl (C=O) groups is 1. The Balaban J connectivity index is 2.56. The molecule has 3 rings (SSSR count). The molecule has 0 saturated heterocycles. The van der Waals surface area contributed by atoms with Gasteiger partial charge < -0.3 is 9.15 Å². The van der Waals surface area contributed by atoms with Crippen LogP contribution in [0.15, 0.2) is 38.5 Å². The number of hydrogen-bond acceptors (Lipinski definition) is 6.